The largest absolute Gasteiger partial charge is 0.480 e. The highest BCUT2D eigenvalue weighted by molar-refractivity contribution is 5.93. The summed E-state index contributed by atoms with van der Waals surface area (Å²) in [6.45, 7) is 10.4. The van der Waals surface area contributed by atoms with Crippen LogP contribution in [0.4, 0.5) is 0 Å². The Morgan fingerprint density at radius 3 is 2.31 bits per heavy atom. The number of carbonyl (C=O) groups is 6. The van der Waals surface area contributed by atoms with E-state index in [4.69, 9.17) is 4.74 Å². The van der Waals surface area contributed by atoms with Gasteiger partial charge in [0.25, 0.3) is 0 Å². The number of aliphatic carboxylic acids is 1. The van der Waals surface area contributed by atoms with Crippen LogP contribution in [0.1, 0.15) is 106 Å². The topological polar surface area (TPSA) is 196 Å². The van der Waals surface area contributed by atoms with Crippen LogP contribution >= 0.6 is 0 Å². The maximum absolute atomic E-state index is 13.5. The molecule has 0 aliphatic heterocycles. The van der Waals surface area contributed by atoms with Crippen LogP contribution in [0.3, 0.4) is 0 Å². The first-order valence-corrected chi connectivity index (χ1v) is 17.5. The normalized spacial score (nSPS) is 33.9. The number of esters is 1. The van der Waals surface area contributed by atoms with E-state index in [1.165, 1.54) is 0 Å². The van der Waals surface area contributed by atoms with E-state index in [0.29, 0.717) is 19.3 Å². The number of allylic oxidation sites excluding steroid dienone is 1. The SMILES string of the molecule is CC(C)CC(NC(=O)C(NC(=O)CCC(=O)OCC(=O)[C@@]1(O)CCC2C3CCC4=CC(=O)CC[C@]4(C)C3C(O)C[C@@]21C)C(C)C)C(=O)O. The van der Waals surface area contributed by atoms with E-state index in [2.05, 4.69) is 17.6 Å². The van der Waals surface area contributed by atoms with Crippen LogP contribution < -0.4 is 10.6 Å². The highest BCUT2D eigenvalue weighted by Crippen LogP contribution is 2.67. The van der Waals surface area contributed by atoms with Crippen LogP contribution in [0.25, 0.3) is 0 Å². The Kier molecular flexibility index (Phi) is 11.3. The first-order valence-electron chi connectivity index (χ1n) is 17.5. The lowest BCUT2D eigenvalue weighted by atomic mass is 9.45. The standard InChI is InChI=1S/C36H54N2O10/c1-19(2)15-25(33(45)46)37-32(44)31(20(3)4)38-28(42)9-10-29(43)48-18-27(41)36(47)14-12-24-23-8-7-21-16-22(39)11-13-34(21,5)30(23)26(40)17-35(24,36)6/h16,19-20,23-26,30-31,40,47H,7-15,17-18H2,1-6H3,(H,37,44)(H,38,42)(H,45,46)/t23?,24?,25?,26?,30?,31?,34-,35-,36-/m0/s1. The third-order valence-corrected chi connectivity index (χ3v) is 12.0. The fraction of sp³-hybridized carbons (Fsp3) is 0.778. The van der Waals surface area contributed by atoms with Crippen molar-refractivity contribution in [2.75, 3.05) is 6.61 Å². The molecule has 6 unspecified atom stereocenters. The lowest BCUT2D eigenvalue weighted by Gasteiger charge is -2.60. The van der Waals surface area contributed by atoms with Gasteiger partial charge in [0.2, 0.25) is 17.6 Å². The molecule has 4 rings (SSSR count). The number of hydrogen-bond acceptors (Lipinski definition) is 9. The van der Waals surface area contributed by atoms with Crippen LogP contribution in [0, 0.1) is 40.4 Å². The molecule has 48 heavy (non-hydrogen) atoms. The maximum atomic E-state index is 13.5. The summed E-state index contributed by atoms with van der Waals surface area (Å²) in [5, 5.41) is 38.0. The second-order valence-electron chi connectivity index (χ2n) is 15.9. The van der Waals surface area contributed by atoms with Gasteiger partial charge in [-0.3, -0.25) is 24.0 Å². The predicted molar refractivity (Wildman–Crippen MR) is 174 cm³/mol. The monoisotopic (exact) mass is 674 g/mol. The van der Waals surface area contributed by atoms with E-state index in [-0.39, 0.29) is 72.9 Å². The third-order valence-electron chi connectivity index (χ3n) is 12.0. The predicted octanol–water partition coefficient (Wildman–Crippen LogP) is 2.87. The first kappa shape index (κ1) is 37.7. The number of hydrogen-bond donors (Lipinski definition) is 5. The molecule has 0 aromatic rings. The molecule has 12 heteroatoms. The number of carboxylic acids is 1. The van der Waals surface area contributed by atoms with Crippen molar-refractivity contribution in [2.45, 2.75) is 130 Å². The van der Waals surface area contributed by atoms with Gasteiger partial charge in [-0.15, -0.1) is 0 Å². The summed E-state index contributed by atoms with van der Waals surface area (Å²) in [6.07, 6.45) is 4.21. The van der Waals surface area contributed by atoms with Gasteiger partial charge in [-0.1, -0.05) is 47.1 Å². The molecule has 3 saturated carbocycles. The number of aliphatic hydroxyl groups is 2. The van der Waals surface area contributed by atoms with Crippen molar-refractivity contribution in [3.63, 3.8) is 0 Å². The second kappa shape index (κ2) is 14.4. The Morgan fingerprint density at radius 2 is 1.69 bits per heavy atom. The van der Waals surface area contributed by atoms with E-state index < -0.39 is 65.3 Å². The Labute approximate surface area is 282 Å². The third kappa shape index (κ3) is 7.25. The molecule has 268 valence electrons. The second-order valence-corrected chi connectivity index (χ2v) is 15.9. The van der Waals surface area contributed by atoms with Crippen LogP contribution in [0.15, 0.2) is 11.6 Å². The number of carboxylic acid groups (broad SMARTS) is 1. The van der Waals surface area contributed by atoms with Gasteiger partial charge in [0.1, 0.15) is 17.7 Å². The zero-order valence-corrected chi connectivity index (χ0v) is 29.2. The van der Waals surface area contributed by atoms with Gasteiger partial charge in [-0.05, 0) is 86.0 Å². The van der Waals surface area contributed by atoms with E-state index in [1.54, 1.807) is 19.9 Å². The van der Waals surface area contributed by atoms with Gasteiger partial charge in [0.05, 0.1) is 12.5 Å². The molecule has 0 aromatic carbocycles. The average molecular weight is 675 g/mol. The number of Topliss-reactive ketones (excluding diaryl/α,β-unsaturated/α-hetero) is 1. The molecule has 12 nitrogen and oxygen atoms in total. The number of aliphatic hydroxyl groups excluding tert-OH is 1. The first-order chi connectivity index (χ1) is 22.3. The minimum atomic E-state index is -1.79. The summed E-state index contributed by atoms with van der Waals surface area (Å²) in [6, 6.07) is -2.12. The number of rotatable bonds is 13. The Bertz CT molecular complexity index is 1340. The minimum Gasteiger partial charge on any atom is -0.480 e. The zero-order chi connectivity index (χ0) is 35.8. The van der Waals surface area contributed by atoms with Crippen molar-refractivity contribution in [2.24, 2.45) is 40.4 Å². The summed E-state index contributed by atoms with van der Waals surface area (Å²) >= 11 is 0. The molecule has 9 atom stereocenters. The highest BCUT2D eigenvalue weighted by Gasteiger charge is 2.68. The Balaban J connectivity index is 1.32. The van der Waals surface area contributed by atoms with Gasteiger partial charge in [-0.2, -0.15) is 0 Å². The van der Waals surface area contributed by atoms with Crippen molar-refractivity contribution in [1.82, 2.24) is 10.6 Å². The van der Waals surface area contributed by atoms with Crippen LogP contribution in [0.5, 0.6) is 0 Å². The molecule has 0 spiro atoms. The lowest BCUT2D eigenvalue weighted by Crippen LogP contribution is -2.62. The maximum Gasteiger partial charge on any atom is 0.326 e. The van der Waals surface area contributed by atoms with Gasteiger partial charge < -0.3 is 30.7 Å². The van der Waals surface area contributed by atoms with E-state index in [0.717, 1.165) is 18.4 Å². The number of carbonyl (C=O) groups excluding carboxylic acids is 5. The number of ether oxygens (including phenoxy) is 1. The number of amides is 2. The molecular weight excluding hydrogens is 620 g/mol. The van der Waals surface area contributed by atoms with Gasteiger partial charge in [0.15, 0.2) is 12.4 Å². The van der Waals surface area contributed by atoms with Gasteiger partial charge in [0, 0.05) is 18.3 Å². The Morgan fingerprint density at radius 1 is 1.00 bits per heavy atom. The molecule has 0 saturated heterocycles. The summed E-state index contributed by atoms with van der Waals surface area (Å²) in [4.78, 5) is 75.4. The van der Waals surface area contributed by atoms with Crippen molar-refractivity contribution >= 4 is 35.3 Å². The molecule has 0 aromatic heterocycles. The number of fused-ring (bicyclic) bond motifs is 5. The minimum absolute atomic E-state index is 0.0162. The van der Waals surface area contributed by atoms with E-state index in [9.17, 15) is 44.1 Å². The number of nitrogens with one attached hydrogen (secondary N) is 2. The molecule has 0 radical (unpaired) electrons. The fourth-order valence-corrected chi connectivity index (χ4v) is 9.44. The van der Waals surface area contributed by atoms with Crippen molar-refractivity contribution in [1.29, 1.82) is 0 Å². The fourth-order valence-electron chi connectivity index (χ4n) is 9.44. The Hall–Kier alpha value is -3.12. The van der Waals surface area contributed by atoms with Crippen LogP contribution in [-0.2, 0) is 33.5 Å². The lowest BCUT2D eigenvalue weighted by molar-refractivity contribution is -0.184. The average Bonchev–Trinajstić information content (AvgIpc) is 3.27. The summed E-state index contributed by atoms with van der Waals surface area (Å²) in [5.41, 5.74) is -1.90. The highest BCUT2D eigenvalue weighted by atomic mass is 16.5. The summed E-state index contributed by atoms with van der Waals surface area (Å²) < 4.78 is 5.23. The molecule has 4 aliphatic rings. The summed E-state index contributed by atoms with van der Waals surface area (Å²) in [7, 11) is 0. The molecule has 0 heterocycles. The van der Waals surface area contributed by atoms with E-state index in [1.807, 2.05) is 20.8 Å². The van der Waals surface area contributed by atoms with Crippen molar-refractivity contribution < 1.29 is 48.8 Å². The molecule has 4 aliphatic carbocycles. The summed E-state index contributed by atoms with van der Waals surface area (Å²) in [5.74, 6) is -4.07. The molecule has 5 N–H and O–H groups in total. The molecule has 3 fully saturated rings. The van der Waals surface area contributed by atoms with Gasteiger partial charge in [-0.25, -0.2) is 4.79 Å². The van der Waals surface area contributed by atoms with Crippen molar-refractivity contribution in [3.8, 4) is 0 Å². The van der Waals surface area contributed by atoms with Gasteiger partial charge >= 0.3 is 11.9 Å². The molecule has 2 amide bonds. The van der Waals surface area contributed by atoms with E-state index >= 15 is 0 Å². The number of ketones is 2. The zero-order valence-electron chi connectivity index (χ0n) is 29.2. The smallest absolute Gasteiger partial charge is 0.326 e. The molecule has 0 bridgehead atoms. The quantitative estimate of drug-likeness (QED) is 0.181. The van der Waals surface area contributed by atoms with Crippen LogP contribution in [-0.4, -0.2) is 81.0 Å². The van der Waals surface area contributed by atoms with Crippen molar-refractivity contribution in [3.05, 3.63) is 11.6 Å². The molecular formula is C36H54N2O10. The van der Waals surface area contributed by atoms with Crippen LogP contribution in [0.2, 0.25) is 0 Å².